The van der Waals surface area contributed by atoms with E-state index in [1.54, 1.807) is 6.20 Å². The number of nitrogens with zero attached hydrogens (tertiary/aromatic N) is 3. The van der Waals surface area contributed by atoms with Crippen molar-refractivity contribution in [3.63, 3.8) is 0 Å². The van der Waals surface area contributed by atoms with Crippen molar-refractivity contribution < 1.29 is 4.74 Å². The zero-order valence-electron chi connectivity index (χ0n) is 9.97. The zero-order chi connectivity index (χ0) is 11.5. The highest BCUT2D eigenvalue weighted by molar-refractivity contribution is 5.41. The van der Waals surface area contributed by atoms with E-state index in [1.807, 2.05) is 25.1 Å². The van der Waals surface area contributed by atoms with Crippen LogP contribution in [-0.4, -0.2) is 42.8 Å². The molecule has 1 fully saturated rings. The maximum atomic E-state index is 5.50. The Hall–Kier alpha value is -1.36. The minimum atomic E-state index is 0.248. The van der Waals surface area contributed by atoms with Crippen LogP contribution in [0.5, 0.6) is 0 Å². The summed E-state index contributed by atoms with van der Waals surface area (Å²) in [6.45, 7) is 2.91. The second-order valence-corrected chi connectivity index (χ2v) is 4.25. The first kappa shape index (κ1) is 11.1. The maximum absolute atomic E-state index is 5.50. The fraction of sp³-hybridized carbons (Fsp3) is 0.636. The third-order valence-corrected chi connectivity index (χ3v) is 2.75. The van der Waals surface area contributed by atoms with Crippen molar-refractivity contribution in [3.05, 3.63) is 12.3 Å². The van der Waals surface area contributed by atoms with Crippen molar-refractivity contribution >= 4 is 11.8 Å². The summed E-state index contributed by atoms with van der Waals surface area (Å²) in [6.07, 6.45) is 3.05. The monoisotopic (exact) mass is 222 g/mol. The molecular weight excluding hydrogens is 204 g/mol. The van der Waals surface area contributed by atoms with Crippen molar-refractivity contribution in [2.75, 3.05) is 30.9 Å². The summed E-state index contributed by atoms with van der Waals surface area (Å²) in [5.41, 5.74) is 0. The molecule has 2 heterocycles. The van der Waals surface area contributed by atoms with Crippen LogP contribution in [0, 0.1) is 0 Å². The lowest BCUT2D eigenvalue weighted by molar-refractivity contribution is 0.121. The second-order valence-electron chi connectivity index (χ2n) is 4.25. The highest BCUT2D eigenvalue weighted by Gasteiger charge is 2.24. The molecule has 2 unspecified atom stereocenters. The minimum absolute atomic E-state index is 0.248. The molecule has 0 aliphatic carbocycles. The molecule has 2 atom stereocenters. The van der Waals surface area contributed by atoms with Crippen molar-refractivity contribution in [1.29, 1.82) is 0 Å². The van der Waals surface area contributed by atoms with E-state index in [9.17, 15) is 0 Å². The summed E-state index contributed by atoms with van der Waals surface area (Å²) >= 11 is 0. The summed E-state index contributed by atoms with van der Waals surface area (Å²) in [4.78, 5) is 10.5. The van der Waals surface area contributed by atoms with Crippen LogP contribution in [0.1, 0.15) is 13.3 Å². The zero-order valence-corrected chi connectivity index (χ0v) is 9.97. The van der Waals surface area contributed by atoms with E-state index in [4.69, 9.17) is 4.74 Å². The van der Waals surface area contributed by atoms with Gasteiger partial charge in [-0.05, 0) is 19.4 Å². The normalized spacial score (nSPS) is 24.4. The van der Waals surface area contributed by atoms with E-state index in [1.165, 1.54) is 0 Å². The summed E-state index contributed by atoms with van der Waals surface area (Å²) in [5, 5.41) is 3.38. The van der Waals surface area contributed by atoms with Crippen LogP contribution in [0.4, 0.5) is 11.8 Å². The largest absolute Gasteiger partial charge is 0.376 e. The lowest BCUT2D eigenvalue weighted by Gasteiger charge is -2.17. The molecule has 0 aromatic carbocycles. The third-order valence-electron chi connectivity index (χ3n) is 2.75. The van der Waals surface area contributed by atoms with Gasteiger partial charge in [-0.3, -0.25) is 0 Å². The predicted molar refractivity (Wildman–Crippen MR) is 63.8 cm³/mol. The summed E-state index contributed by atoms with van der Waals surface area (Å²) < 4.78 is 5.50. The van der Waals surface area contributed by atoms with Crippen molar-refractivity contribution in [2.45, 2.75) is 25.5 Å². The van der Waals surface area contributed by atoms with Gasteiger partial charge in [0.2, 0.25) is 5.95 Å². The number of ether oxygens (including phenoxy) is 1. The first-order valence-corrected chi connectivity index (χ1v) is 5.55. The standard InChI is InChI=1S/C11H18N4O/c1-8-9(5-7-16-8)13-10-4-6-12-11(14-10)15(2)3/h4,6,8-9H,5,7H2,1-3H3,(H,12,13,14). The van der Waals surface area contributed by atoms with Gasteiger partial charge in [-0.2, -0.15) is 4.98 Å². The molecule has 1 aromatic rings. The van der Waals surface area contributed by atoms with Crippen LogP contribution in [0.25, 0.3) is 0 Å². The Bertz CT molecular complexity index is 356. The number of anilines is 2. The first-order chi connectivity index (χ1) is 7.66. The first-order valence-electron chi connectivity index (χ1n) is 5.55. The molecule has 0 bridgehead atoms. The van der Waals surface area contributed by atoms with Crippen LogP contribution in [-0.2, 0) is 4.74 Å². The number of hydrogen-bond acceptors (Lipinski definition) is 5. The Morgan fingerprint density at radius 3 is 2.94 bits per heavy atom. The maximum Gasteiger partial charge on any atom is 0.226 e. The van der Waals surface area contributed by atoms with Crippen molar-refractivity contribution in [1.82, 2.24) is 9.97 Å². The van der Waals surface area contributed by atoms with Crippen LogP contribution in [0.15, 0.2) is 12.3 Å². The predicted octanol–water partition coefficient (Wildman–Crippen LogP) is 1.13. The Balaban J connectivity index is 2.06. The van der Waals surface area contributed by atoms with Crippen LogP contribution in [0.2, 0.25) is 0 Å². The van der Waals surface area contributed by atoms with Crippen LogP contribution < -0.4 is 10.2 Å². The molecule has 2 rings (SSSR count). The van der Waals surface area contributed by atoms with E-state index in [2.05, 4.69) is 22.2 Å². The summed E-state index contributed by atoms with van der Waals surface area (Å²) in [6, 6.07) is 2.24. The van der Waals surface area contributed by atoms with Gasteiger partial charge in [0.25, 0.3) is 0 Å². The fourth-order valence-corrected chi connectivity index (χ4v) is 1.76. The van der Waals surface area contributed by atoms with E-state index >= 15 is 0 Å². The number of hydrogen-bond donors (Lipinski definition) is 1. The average Bonchev–Trinajstić information content (AvgIpc) is 2.65. The Morgan fingerprint density at radius 2 is 2.31 bits per heavy atom. The molecule has 0 amide bonds. The topological polar surface area (TPSA) is 50.3 Å². The van der Waals surface area contributed by atoms with Gasteiger partial charge < -0.3 is 15.0 Å². The smallest absolute Gasteiger partial charge is 0.226 e. The highest BCUT2D eigenvalue weighted by atomic mass is 16.5. The SMILES string of the molecule is CC1OCCC1Nc1ccnc(N(C)C)n1. The molecule has 0 saturated carbocycles. The van der Waals surface area contributed by atoms with Gasteiger partial charge >= 0.3 is 0 Å². The number of nitrogens with one attached hydrogen (secondary N) is 1. The molecule has 1 saturated heterocycles. The second kappa shape index (κ2) is 4.65. The van der Waals surface area contributed by atoms with Crippen LogP contribution >= 0.6 is 0 Å². The van der Waals surface area contributed by atoms with Gasteiger partial charge in [0, 0.05) is 26.9 Å². The Kier molecular flexibility index (Phi) is 3.24. The van der Waals surface area contributed by atoms with Crippen molar-refractivity contribution in [3.8, 4) is 0 Å². The van der Waals surface area contributed by atoms with E-state index in [0.717, 1.165) is 24.8 Å². The quantitative estimate of drug-likeness (QED) is 0.831. The number of aromatic nitrogens is 2. The fourth-order valence-electron chi connectivity index (χ4n) is 1.76. The molecule has 88 valence electrons. The molecule has 1 aliphatic heterocycles. The molecule has 1 aromatic heterocycles. The summed E-state index contributed by atoms with van der Waals surface area (Å²) in [5.74, 6) is 1.58. The van der Waals surface area contributed by atoms with E-state index < -0.39 is 0 Å². The van der Waals surface area contributed by atoms with Gasteiger partial charge in [0.1, 0.15) is 5.82 Å². The average molecular weight is 222 g/mol. The highest BCUT2D eigenvalue weighted by Crippen LogP contribution is 2.18. The number of rotatable bonds is 3. The lowest BCUT2D eigenvalue weighted by atomic mass is 10.1. The molecule has 0 radical (unpaired) electrons. The van der Waals surface area contributed by atoms with E-state index in [-0.39, 0.29) is 6.10 Å². The Morgan fingerprint density at radius 1 is 1.50 bits per heavy atom. The molecule has 5 nitrogen and oxygen atoms in total. The Labute approximate surface area is 95.8 Å². The third kappa shape index (κ3) is 2.41. The van der Waals surface area contributed by atoms with Gasteiger partial charge in [-0.15, -0.1) is 0 Å². The molecule has 1 N–H and O–H groups in total. The molecule has 5 heteroatoms. The lowest BCUT2D eigenvalue weighted by Crippen LogP contribution is -2.27. The van der Waals surface area contributed by atoms with Gasteiger partial charge in [-0.25, -0.2) is 4.98 Å². The van der Waals surface area contributed by atoms with Gasteiger partial charge in [-0.1, -0.05) is 0 Å². The molecule has 0 spiro atoms. The van der Waals surface area contributed by atoms with E-state index in [0.29, 0.717) is 6.04 Å². The van der Waals surface area contributed by atoms with Gasteiger partial charge in [0.05, 0.1) is 12.1 Å². The molecule has 16 heavy (non-hydrogen) atoms. The summed E-state index contributed by atoms with van der Waals surface area (Å²) in [7, 11) is 3.86. The molecular formula is C11H18N4O. The molecule has 1 aliphatic rings. The van der Waals surface area contributed by atoms with Crippen molar-refractivity contribution in [2.24, 2.45) is 0 Å². The van der Waals surface area contributed by atoms with Gasteiger partial charge in [0.15, 0.2) is 0 Å². The minimum Gasteiger partial charge on any atom is -0.376 e. The van der Waals surface area contributed by atoms with Crippen LogP contribution in [0.3, 0.4) is 0 Å².